The third-order valence-corrected chi connectivity index (χ3v) is 4.57. The molecule has 23 heavy (non-hydrogen) atoms. The number of carbonyl (C=O) groups excluding carboxylic acids is 2. The first kappa shape index (κ1) is 15.5. The van der Waals surface area contributed by atoms with E-state index in [2.05, 4.69) is 5.32 Å². The summed E-state index contributed by atoms with van der Waals surface area (Å²) < 4.78 is 0. The molecule has 0 heterocycles. The molecular weight excluding hydrogens is 302 g/mol. The van der Waals surface area contributed by atoms with Gasteiger partial charge in [0.15, 0.2) is 17.3 Å². The van der Waals surface area contributed by atoms with Crippen molar-refractivity contribution in [2.75, 3.05) is 12.4 Å². The van der Waals surface area contributed by atoms with Gasteiger partial charge in [0.25, 0.3) is 0 Å². The summed E-state index contributed by atoms with van der Waals surface area (Å²) in [5, 5.41) is 43.1. The van der Waals surface area contributed by atoms with Gasteiger partial charge >= 0.3 is 0 Å². The van der Waals surface area contributed by atoms with E-state index in [0.29, 0.717) is 0 Å². The van der Waals surface area contributed by atoms with Crippen LogP contribution in [0.2, 0.25) is 0 Å². The lowest BCUT2D eigenvalue weighted by Gasteiger charge is -2.37. The van der Waals surface area contributed by atoms with Crippen LogP contribution < -0.4 is 5.32 Å². The molecular formula is C16H17NO6. The number of rotatable bonds is 1. The van der Waals surface area contributed by atoms with E-state index in [9.17, 15) is 30.0 Å². The monoisotopic (exact) mass is 319 g/mol. The van der Waals surface area contributed by atoms with Gasteiger partial charge in [-0.05, 0) is 6.92 Å². The van der Waals surface area contributed by atoms with Gasteiger partial charge < -0.3 is 25.7 Å². The molecule has 1 aromatic rings. The van der Waals surface area contributed by atoms with E-state index in [1.54, 1.807) is 0 Å². The minimum absolute atomic E-state index is 0.0701. The number of aliphatic hydroxyl groups excluding tert-OH is 1. The minimum atomic E-state index is -1.54. The first-order chi connectivity index (χ1) is 10.7. The number of hydrogen-bond acceptors (Lipinski definition) is 7. The molecule has 0 unspecified atom stereocenters. The fourth-order valence-electron chi connectivity index (χ4n) is 3.17. The predicted octanol–water partition coefficient (Wildman–Crippen LogP) is 0.721. The molecule has 0 saturated heterocycles. The summed E-state index contributed by atoms with van der Waals surface area (Å²) in [5.41, 5.74) is -1.81. The number of benzene rings is 1. The quantitative estimate of drug-likeness (QED) is 0.381. The molecule has 0 saturated carbocycles. The maximum absolute atomic E-state index is 12.7. The summed E-state index contributed by atoms with van der Waals surface area (Å²) in [6, 6.07) is 1.17. The number of fused-ring (bicyclic) bond motifs is 1. The van der Waals surface area contributed by atoms with Gasteiger partial charge in [0.2, 0.25) is 0 Å². The van der Waals surface area contributed by atoms with Crippen LogP contribution in [0.25, 0.3) is 0 Å². The van der Waals surface area contributed by atoms with Crippen molar-refractivity contribution in [2.45, 2.75) is 31.5 Å². The van der Waals surface area contributed by atoms with Crippen molar-refractivity contribution in [1.82, 2.24) is 0 Å². The molecule has 0 spiro atoms. The fourth-order valence-corrected chi connectivity index (χ4v) is 3.17. The highest BCUT2D eigenvalue weighted by Gasteiger charge is 2.46. The second-order valence-electron chi connectivity index (χ2n) is 6.16. The molecule has 122 valence electrons. The zero-order chi connectivity index (χ0) is 17.1. The lowest BCUT2D eigenvalue weighted by atomic mass is 9.71. The minimum Gasteiger partial charge on any atom is -0.507 e. The van der Waals surface area contributed by atoms with Crippen molar-refractivity contribution in [3.63, 3.8) is 0 Å². The summed E-state index contributed by atoms with van der Waals surface area (Å²) in [4.78, 5) is 25.4. The Kier molecular flexibility index (Phi) is 3.24. The molecule has 7 heteroatoms. The Morgan fingerprint density at radius 1 is 1.17 bits per heavy atom. The maximum Gasteiger partial charge on any atom is 0.194 e. The summed E-state index contributed by atoms with van der Waals surface area (Å²) in [7, 11) is 1.50. The van der Waals surface area contributed by atoms with Crippen molar-refractivity contribution < 1.29 is 30.0 Å². The van der Waals surface area contributed by atoms with Gasteiger partial charge in [0, 0.05) is 37.1 Å². The largest absolute Gasteiger partial charge is 0.507 e. The van der Waals surface area contributed by atoms with Crippen LogP contribution in [0.1, 0.15) is 40.5 Å². The van der Waals surface area contributed by atoms with Crippen LogP contribution >= 0.6 is 0 Å². The number of aliphatic hydroxyl groups is 2. The van der Waals surface area contributed by atoms with Crippen molar-refractivity contribution >= 4 is 17.3 Å². The maximum atomic E-state index is 12.7. The van der Waals surface area contributed by atoms with Crippen LogP contribution in [0, 0.1) is 0 Å². The third-order valence-electron chi connectivity index (χ3n) is 4.57. The molecule has 0 fully saturated rings. The topological polar surface area (TPSA) is 127 Å². The number of phenols is 2. The Morgan fingerprint density at radius 3 is 2.39 bits per heavy atom. The third kappa shape index (κ3) is 2.04. The first-order valence-electron chi connectivity index (χ1n) is 7.17. The SMILES string of the molecule is CNc1cc(O)c2c(c1O)C(=O)C1=C(C[C@@H](O)[C@@](C)(O)C1)C2=O. The number of Topliss-reactive ketones (excluding diaryl/α,β-unsaturated/α-hetero) is 2. The Labute approximate surface area is 131 Å². The highest BCUT2D eigenvalue weighted by atomic mass is 16.3. The Balaban J connectivity index is 2.25. The average Bonchev–Trinajstić information content (AvgIpc) is 2.48. The molecule has 2 aliphatic carbocycles. The number of hydrogen-bond donors (Lipinski definition) is 5. The number of aromatic hydroxyl groups is 2. The van der Waals surface area contributed by atoms with Crippen LogP contribution in [0.15, 0.2) is 17.2 Å². The Morgan fingerprint density at radius 2 is 1.78 bits per heavy atom. The zero-order valence-electron chi connectivity index (χ0n) is 12.7. The summed E-state index contributed by atoms with van der Waals surface area (Å²) in [5.74, 6) is -2.07. The fraction of sp³-hybridized carbons (Fsp3) is 0.375. The second kappa shape index (κ2) is 4.81. The van der Waals surface area contributed by atoms with E-state index >= 15 is 0 Å². The van der Waals surface area contributed by atoms with Crippen molar-refractivity contribution in [3.8, 4) is 11.5 Å². The summed E-state index contributed by atoms with van der Waals surface area (Å²) in [6.07, 6.45) is -1.57. The summed E-state index contributed by atoms with van der Waals surface area (Å²) in [6.45, 7) is 1.38. The number of nitrogens with one attached hydrogen (secondary N) is 1. The van der Waals surface area contributed by atoms with Crippen LogP contribution in [-0.2, 0) is 0 Å². The number of carbonyl (C=O) groups is 2. The smallest absolute Gasteiger partial charge is 0.194 e. The molecule has 2 atom stereocenters. The van der Waals surface area contributed by atoms with Crippen molar-refractivity contribution in [3.05, 3.63) is 28.3 Å². The standard InChI is InChI=1S/C16H17NO6/c1-16(23)5-7-6(3-10(16)19)13(20)11-9(18)4-8(17-2)15(22)12(11)14(7)21/h4,10,17-19,22-23H,3,5H2,1-2H3/t10-,16+/m1/s1. The molecule has 0 bridgehead atoms. The lowest BCUT2D eigenvalue weighted by molar-refractivity contribution is -0.0651. The van der Waals surface area contributed by atoms with E-state index in [1.807, 2.05) is 0 Å². The zero-order valence-corrected chi connectivity index (χ0v) is 12.7. The average molecular weight is 319 g/mol. The van der Waals surface area contributed by atoms with Gasteiger partial charge in [-0.15, -0.1) is 0 Å². The van der Waals surface area contributed by atoms with E-state index in [1.165, 1.54) is 20.0 Å². The molecule has 2 aliphatic rings. The lowest BCUT2D eigenvalue weighted by Crippen LogP contribution is -2.46. The van der Waals surface area contributed by atoms with E-state index in [0.717, 1.165) is 0 Å². The number of phenolic OH excluding ortho intramolecular Hbond substituents is 2. The molecule has 7 nitrogen and oxygen atoms in total. The van der Waals surface area contributed by atoms with Gasteiger partial charge in [-0.1, -0.05) is 0 Å². The van der Waals surface area contributed by atoms with Gasteiger partial charge in [-0.25, -0.2) is 0 Å². The normalized spacial score (nSPS) is 26.9. The van der Waals surface area contributed by atoms with Gasteiger partial charge in [-0.3, -0.25) is 9.59 Å². The highest BCUT2D eigenvalue weighted by molar-refractivity contribution is 6.29. The van der Waals surface area contributed by atoms with E-state index < -0.39 is 34.8 Å². The van der Waals surface area contributed by atoms with Gasteiger partial charge in [0.1, 0.15) is 5.75 Å². The van der Waals surface area contributed by atoms with Gasteiger partial charge in [0.05, 0.1) is 28.5 Å². The predicted molar refractivity (Wildman–Crippen MR) is 80.9 cm³/mol. The van der Waals surface area contributed by atoms with E-state index in [-0.39, 0.29) is 40.8 Å². The van der Waals surface area contributed by atoms with Crippen molar-refractivity contribution in [1.29, 1.82) is 0 Å². The Hall–Kier alpha value is -2.38. The highest BCUT2D eigenvalue weighted by Crippen LogP contribution is 2.46. The molecule has 0 amide bonds. The van der Waals surface area contributed by atoms with E-state index in [4.69, 9.17) is 0 Å². The van der Waals surface area contributed by atoms with Crippen LogP contribution in [-0.4, -0.2) is 50.7 Å². The van der Waals surface area contributed by atoms with Gasteiger partial charge in [-0.2, -0.15) is 0 Å². The van der Waals surface area contributed by atoms with Crippen molar-refractivity contribution in [2.24, 2.45) is 0 Å². The van der Waals surface area contributed by atoms with Crippen LogP contribution in [0.5, 0.6) is 11.5 Å². The molecule has 1 aromatic carbocycles. The molecule has 0 radical (unpaired) electrons. The molecule has 0 aliphatic heterocycles. The Bertz CT molecular complexity index is 777. The molecule has 5 N–H and O–H groups in total. The summed E-state index contributed by atoms with van der Waals surface area (Å²) >= 11 is 0. The number of ketones is 2. The molecule has 0 aromatic heterocycles. The number of anilines is 1. The molecule has 3 rings (SSSR count). The first-order valence-corrected chi connectivity index (χ1v) is 7.17. The van der Waals surface area contributed by atoms with Crippen LogP contribution in [0.3, 0.4) is 0 Å². The van der Waals surface area contributed by atoms with Crippen LogP contribution in [0.4, 0.5) is 5.69 Å². The second-order valence-corrected chi connectivity index (χ2v) is 6.16.